The van der Waals surface area contributed by atoms with E-state index in [0.717, 1.165) is 21.8 Å². The lowest BCUT2D eigenvalue weighted by molar-refractivity contribution is -0.143. The van der Waals surface area contributed by atoms with Crippen molar-refractivity contribution in [3.8, 4) is 33.9 Å². The Labute approximate surface area is 282 Å². The van der Waals surface area contributed by atoms with Crippen molar-refractivity contribution in [3.05, 3.63) is 168 Å². The quantitative estimate of drug-likeness (QED) is 0.157. The van der Waals surface area contributed by atoms with Gasteiger partial charge in [-0.2, -0.15) is 36.5 Å². The molecule has 0 saturated carbocycles. The van der Waals surface area contributed by atoms with Gasteiger partial charge in [-0.3, -0.25) is 9.97 Å². The smallest absolute Gasteiger partial charge is 0.251 e. The van der Waals surface area contributed by atoms with Crippen LogP contribution >= 0.6 is 0 Å². The van der Waals surface area contributed by atoms with Crippen molar-refractivity contribution in [1.29, 1.82) is 0 Å². The first kappa shape index (κ1) is 32.5. The molecule has 0 radical (unpaired) electrons. The molecular formula is C38H26F6N6. The molecule has 0 amide bonds. The summed E-state index contributed by atoms with van der Waals surface area (Å²) >= 11 is 0. The van der Waals surface area contributed by atoms with Crippen LogP contribution < -0.4 is 0 Å². The molecule has 6 nitrogen and oxygen atoms in total. The first-order valence-electron chi connectivity index (χ1n) is 15.4. The van der Waals surface area contributed by atoms with E-state index in [-0.39, 0.29) is 33.9 Å². The van der Waals surface area contributed by atoms with E-state index in [9.17, 15) is 26.3 Å². The highest BCUT2D eigenvalue weighted by Gasteiger charge is 2.42. The van der Waals surface area contributed by atoms with Gasteiger partial charge < -0.3 is 0 Å². The number of aromatic nitrogens is 6. The first-order valence-corrected chi connectivity index (χ1v) is 15.4. The molecule has 3 aromatic carbocycles. The second-order valence-electron chi connectivity index (χ2n) is 11.6. The topological polar surface area (TPSA) is 61.4 Å². The Balaban J connectivity index is 1.39. The number of alkyl halides is 6. The molecule has 0 aliphatic carbocycles. The molecule has 0 atom stereocenters. The molecule has 7 rings (SSSR count). The third kappa shape index (κ3) is 5.82. The van der Waals surface area contributed by atoms with E-state index in [1.165, 1.54) is 36.4 Å². The minimum Gasteiger partial charge on any atom is -0.251 e. The SMILES string of the molecule is CC(c1ccccc1)(c1cccc(-c2cnn(-c3ccccc3)c2C(F)(F)F)n1)c1cccc(-c2cnn(-c3ccccc3)c2C(F)(F)F)n1. The summed E-state index contributed by atoms with van der Waals surface area (Å²) in [6.07, 6.45) is -7.30. The predicted octanol–water partition coefficient (Wildman–Crippen LogP) is 9.57. The van der Waals surface area contributed by atoms with Gasteiger partial charge >= 0.3 is 12.4 Å². The average molecular weight is 681 g/mol. The number of para-hydroxylation sites is 2. The largest absolute Gasteiger partial charge is 0.434 e. The van der Waals surface area contributed by atoms with Crippen LogP contribution in [0, 0.1) is 0 Å². The summed E-state index contributed by atoms with van der Waals surface area (Å²) in [6, 6.07) is 34.4. The maximum atomic E-state index is 14.6. The number of halogens is 6. The van der Waals surface area contributed by atoms with E-state index in [1.54, 1.807) is 85.8 Å². The van der Waals surface area contributed by atoms with Crippen molar-refractivity contribution in [2.24, 2.45) is 0 Å². The van der Waals surface area contributed by atoms with Gasteiger partial charge in [0.2, 0.25) is 0 Å². The second kappa shape index (κ2) is 12.4. The molecule has 4 aromatic heterocycles. The molecule has 0 aliphatic rings. The van der Waals surface area contributed by atoms with E-state index in [2.05, 4.69) is 10.2 Å². The maximum Gasteiger partial charge on any atom is 0.434 e. The third-order valence-electron chi connectivity index (χ3n) is 8.50. The van der Waals surface area contributed by atoms with E-state index in [4.69, 9.17) is 9.97 Å². The minimum atomic E-state index is -4.78. The van der Waals surface area contributed by atoms with Crippen LogP contribution in [0.2, 0.25) is 0 Å². The van der Waals surface area contributed by atoms with Gasteiger partial charge in [0.25, 0.3) is 0 Å². The summed E-state index contributed by atoms with van der Waals surface area (Å²) < 4.78 is 89.4. The summed E-state index contributed by atoms with van der Waals surface area (Å²) in [5.41, 5.74) is -1.89. The van der Waals surface area contributed by atoms with Crippen LogP contribution in [-0.4, -0.2) is 29.5 Å². The van der Waals surface area contributed by atoms with Crippen LogP contribution in [0.4, 0.5) is 26.3 Å². The van der Waals surface area contributed by atoms with Crippen LogP contribution in [0.15, 0.2) is 140 Å². The highest BCUT2D eigenvalue weighted by molar-refractivity contribution is 5.66. The number of rotatable bonds is 7. The van der Waals surface area contributed by atoms with Crippen molar-refractivity contribution in [1.82, 2.24) is 29.5 Å². The van der Waals surface area contributed by atoms with Gasteiger partial charge in [0, 0.05) is 0 Å². The summed E-state index contributed by atoms with van der Waals surface area (Å²) in [5.74, 6) is 0. The first-order chi connectivity index (χ1) is 24.0. The lowest BCUT2D eigenvalue weighted by atomic mass is 9.75. The van der Waals surface area contributed by atoms with Crippen molar-refractivity contribution >= 4 is 0 Å². The Hall–Kier alpha value is -6.04. The zero-order valence-electron chi connectivity index (χ0n) is 26.2. The Morgan fingerprint density at radius 2 is 0.840 bits per heavy atom. The second-order valence-corrected chi connectivity index (χ2v) is 11.6. The molecule has 12 heteroatoms. The number of hydrogen-bond acceptors (Lipinski definition) is 4. The monoisotopic (exact) mass is 680 g/mol. The van der Waals surface area contributed by atoms with E-state index >= 15 is 0 Å². The van der Waals surface area contributed by atoms with Crippen molar-refractivity contribution in [2.75, 3.05) is 0 Å². The van der Waals surface area contributed by atoms with Gasteiger partial charge in [-0.1, -0.05) is 78.9 Å². The van der Waals surface area contributed by atoms with Crippen molar-refractivity contribution in [3.63, 3.8) is 0 Å². The van der Waals surface area contributed by atoms with E-state index in [1.807, 2.05) is 12.1 Å². The fourth-order valence-corrected chi connectivity index (χ4v) is 6.07. The van der Waals surface area contributed by atoms with Crippen LogP contribution in [0.3, 0.4) is 0 Å². The standard InChI is InChI=1S/C38H26F6N6/c1-36(25-13-5-2-6-14-25,32-21-11-19-30(47-32)28-23-45-49(34(28)37(39,40)41)26-15-7-3-8-16-26)33-22-12-20-31(48-33)29-24-46-50(35(29)38(42,43)44)27-17-9-4-10-18-27/h2-24H,1H3. The van der Waals surface area contributed by atoms with Gasteiger partial charge in [-0.15, -0.1) is 0 Å². The zero-order chi connectivity index (χ0) is 35.1. The maximum absolute atomic E-state index is 14.6. The van der Waals surface area contributed by atoms with Gasteiger partial charge in [0.15, 0.2) is 11.4 Å². The normalized spacial score (nSPS) is 12.3. The molecule has 250 valence electrons. The van der Waals surface area contributed by atoms with Crippen molar-refractivity contribution < 1.29 is 26.3 Å². The summed E-state index contributed by atoms with van der Waals surface area (Å²) in [7, 11) is 0. The molecule has 50 heavy (non-hydrogen) atoms. The van der Waals surface area contributed by atoms with Crippen LogP contribution in [0.1, 0.15) is 35.3 Å². The lowest BCUT2D eigenvalue weighted by Gasteiger charge is -2.30. The Bertz CT molecular complexity index is 2120. The minimum absolute atomic E-state index is 0.0128. The number of nitrogens with zero attached hydrogens (tertiary/aromatic N) is 6. The summed E-state index contributed by atoms with van der Waals surface area (Å²) in [5, 5.41) is 8.16. The Kier molecular flexibility index (Phi) is 8.09. The Morgan fingerprint density at radius 3 is 1.22 bits per heavy atom. The van der Waals surface area contributed by atoms with Gasteiger partial charge in [0.1, 0.15) is 0 Å². The van der Waals surface area contributed by atoms with Crippen LogP contribution in [0.25, 0.3) is 33.9 Å². The van der Waals surface area contributed by atoms with E-state index < -0.39 is 29.2 Å². The molecule has 4 heterocycles. The summed E-state index contributed by atoms with van der Waals surface area (Å²) in [6.45, 7) is 1.79. The molecule has 0 unspecified atom stereocenters. The highest BCUT2D eigenvalue weighted by atomic mass is 19.4. The summed E-state index contributed by atoms with van der Waals surface area (Å²) in [4.78, 5) is 9.52. The number of hydrogen-bond donors (Lipinski definition) is 0. The molecule has 0 spiro atoms. The van der Waals surface area contributed by atoms with Gasteiger partial charge in [-0.05, 0) is 61.0 Å². The fourth-order valence-electron chi connectivity index (χ4n) is 6.07. The molecule has 0 N–H and O–H groups in total. The molecule has 0 bridgehead atoms. The van der Waals surface area contributed by atoms with Crippen LogP contribution in [-0.2, 0) is 17.8 Å². The fraction of sp³-hybridized carbons (Fsp3) is 0.105. The highest BCUT2D eigenvalue weighted by Crippen LogP contribution is 2.43. The van der Waals surface area contributed by atoms with E-state index in [0.29, 0.717) is 17.0 Å². The molecule has 0 aliphatic heterocycles. The molecule has 7 aromatic rings. The molecule has 0 saturated heterocycles. The van der Waals surface area contributed by atoms with Gasteiger partial charge in [-0.25, -0.2) is 9.36 Å². The molecular weight excluding hydrogens is 654 g/mol. The van der Waals surface area contributed by atoms with Crippen LogP contribution in [0.5, 0.6) is 0 Å². The number of benzene rings is 3. The van der Waals surface area contributed by atoms with Gasteiger partial charge in [0.05, 0.1) is 63.1 Å². The average Bonchev–Trinajstić information content (AvgIpc) is 3.79. The third-order valence-corrected chi connectivity index (χ3v) is 8.50. The number of pyridine rings is 2. The lowest BCUT2D eigenvalue weighted by Crippen LogP contribution is -2.28. The predicted molar refractivity (Wildman–Crippen MR) is 176 cm³/mol. The molecule has 0 fully saturated rings. The zero-order valence-corrected chi connectivity index (χ0v) is 26.2. The Morgan fingerprint density at radius 1 is 0.460 bits per heavy atom. The van der Waals surface area contributed by atoms with Crippen molar-refractivity contribution in [2.45, 2.75) is 24.7 Å².